The van der Waals surface area contributed by atoms with Crippen molar-refractivity contribution in [1.29, 1.82) is 0 Å². The lowest BCUT2D eigenvalue weighted by molar-refractivity contribution is -0.140. The molecular formula is C27H28ClNO5. The van der Waals surface area contributed by atoms with Crippen molar-refractivity contribution in [2.24, 2.45) is 5.41 Å². The Bertz CT molecular complexity index is 1210. The lowest BCUT2D eigenvalue weighted by Gasteiger charge is -2.39. The van der Waals surface area contributed by atoms with Gasteiger partial charge in [0.15, 0.2) is 17.3 Å². The Morgan fingerprint density at radius 1 is 1.21 bits per heavy atom. The van der Waals surface area contributed by atoms with Gasteiger partial charge < -0.3 is 19.9 Å². The predicted octanol–water partition coefficient (Wildman–Crippen LogP) is 5.40. The number of nitrogens with one attached hydrogen (secondary N) is 1. The second-order valence-corrected chi connectivity index (χ2v) is 9.95. The fraction of sp³-hybridized carbons (Fsp3) is 0.333. The van der Waals surface area contributed by atoms with Crippen LogP contribution in [0.15, 0.2) is 65.0 Å². The number of esters is 1. The maximum absolute atomic E-state index is 13.4. The summed E-state index contributed by atoms with van der Waals surface area (Å²) < 4.78 is 11.0. The molecule has 34 heavy (non-hydrogen) atoms. The average Bonchev–Trinajstić information content (AvgIpc) is 2.78. The minimum Gasteiger partial charge on any atom is -0.503 e. The number of carbonyl (C=O) groups excluding carboxylic acids is 2. The van der Waals surface area contributed by atoms with E-state index in [9.17, 15) is 14.7 Å². The van der Waals surface area contributed by atoms with E-state index in [4.69, 9.17) is 21.1 Å². The lowest BCUT2D eigenvalue weighted by atomic mass is 9.68. The Hall–Kier alpha value is -3.25. The molecule has 0 saturated carbocycles. The van der Waals surface area contributed by atoms with Gasteiger partial charge in [-0.25, -0.2) is 4.79 Å². The van der Waals surface area contributed by atoms with Gasteiger partial charge in [-0.1, -0.05) is 55.8 Å². The van der Waals surface area contributed by atoms with Crippen LogP contribution in [0.4, 0.5) is 0 Å². The normalized spacial score (nSPS) is 19.4. The van der Waals surface area contributed by atoms with Gasteiger partial charge in [0, 0.05) is 29.3 Å². The van der Waals surface area contributed by atoms with Gasteiger partial charge in [-0.15, -0.1) is 0 Å². The molecule has 7 heteroatoms. The first-order valence-corrected chi connectivity index (χ1v) is 11.5. The van der Waals surface area contributed by atoms with Crippen LogP contribution >= 0.6 is 11.6 Å². The van der Waals surface area contributed by atoms with Gasteiger partial charge in [0.25, 0.3) is 0 Å². The summed E-state index contributed by atoms with van der Waals surface area (Å²) in [6, 6.07) is 12.6. The van der Waals surface area contributed by atoms with Gasteiger partial charge in [0.1, 0.15) is 6.61 Å². The Morgan fingerprint density at radius 2 is 1.91 bits per heavy atom. The van der Waals surface area contributed by atoms with Crippen molar-refractivity contribution >= 4 is 23.4 Å². The number of carbonyl (C=O) groups is 2. The van der Waals surface area contributed by atoms with E-state index in [1.165, 1.54) is 7.11 Å². The number of benzene rings is 2. The third kappa shape index (κ3) is 4.55. The molecule has 0 amide bonds. The first kappa shape index (κ1) is 23.9. The highest BCUT2D eigenvalue weighted by molar-refractivity contribution is 6.32. The second-order valence-electron chi connectivity index (χ2n) is 9.55. The molecule has 2 aliphatic rings. The highest BCUT2D eigenvalue weighted by atomic mass is 35.5. The largest absolute Gasteiger partial charge is 0.503 e. The van der Waals surface area contributed by atoms with Crippen molar-refractivity contribution in [3.05, 3.63) is 81.2 Å². The van der Waals surface area contributed by atoms with E-state index in [0.717, 1.165) is 11.3 Å². The van der Waals surface area contributed by atoms with Crippen molar-refractivity contribution < 1.29 is 24.2 Å². The van der Waals surface area contributed by atoms with Crippen molar-refractivity contribution in [3.63, 3.8) is 0 Å². The van der Waals surface area contributed by atoms with E-state index in [1.54, 1.807) is 19.1 Å². The third-order valence-corrected chi connectivity index (χ3v) is 6.56. The van der Waals surface area contributed by atoms with Crippen LogP contribution < -0.4 is 10.1 Å². The van der Waals surface area contributed by atoms with Crippen LogP contribution in [0.1, 0.15) is 50.7 Å². The number of Topliss-reactive ketones (excluding diaryl/α,β-unsaturated/α-hetero) is 1. The summed E-state index contributed by atoms with van der Waals surface area (Å²) in [5.41, 5.74) is 3.52. The highest BCUT2D eigenvalue weighted by Crippen LogP contribution is 2.49. The van der Waals surface area contributed by atoms with Gasteiger partial charge in [-0.2, -0.15) is 0 Å². The average molecular weight is 482 g/mol. The molecule has 1 atom stereocenters. The molecule has 0 aromatic heterocycles. The van der Waals surface area contributed by atoms with Gasteiger partial charge in [-0.05, 0) is 42.0 Å². The molecule has 178 valence electrons. The monoisotopic (exact) mass is 481 g/mol. The van der Waals surface area contributed by atoms with E-state index < -0.39 is 11.9 Å². The van der Waals surface area contributed by atoms with Crippen LogP contribution in [0, 0.1) is 5.41 Å². The smallest absolute Gasteiger partial charge is 0.337 e. The summed E-state index contributed by atoms with van der Waals surface area (Å²) >= 11 is 6.30. The molecule has 1 heterocycles. The Kier molecular flexibility index (Phi) is 6.45. The highest BCUT2D eigenvalue weighted by Gasteiger charge is 2.43. The summed E-state index contributed by atoms with van der Waals surface area (Å²) in [6.45, 7) is 6.01. The fourth-order valence-electron chi connectivity index (χ4n) is 4.76. The molecule has 6 nitrogen and oxygen atoms in total. The summed E-state index contributed by atoms with van der Waals surface area (Å²) in [7, 11) is 1.42. The number of hydrogen-bond donors (Lipinski definition) is 2. The van der Waals surface area contributed by atoms with Crippen LogP contribution in [-0.4, -0.2) is 24.0 Å². The molecule has 4 rings (SSSR count). The summed E-state index contributed by atoms with van der Waals surface area (Å²) in [6.07, 6.45) is 1.02. The quantitative estimate of drug-likeness (QED) is 0.556. The number of allylic oxidation sites excluding steroid dienone is 3. The van der Waals surface area contributed by atoms with Crippen molar-refractivity contribution in [2.45, 2.75) is 46.1 Å². The maximum Gasteiger partial charge on any atom is 0.337 e. The molecule has 0 saturated heterocycles. The van der Waals surface area contributed by atoms with E-state index in [0.29, 0.717) is 35.2 Å². The lowest BCUT2D eigenvalue weighted by Crippen LogP contribution is -2.38. The van der Waals surface area contributed by atoms with Crippen LogP contribution in [0.3, 0.4) is 0 Å². The van der Waals surface area contributed by atoms with Crippen LogP contribution in [-0.2, 0) is 20.9 Å². The number of halogens is 1. The van der Waals surface area contributed by atoms with Crippen molar-refractivity contribution in [1.82, 2.24) is 5.32 Å². The molecule has 0 unspecified atom stereocenters. The Morgan fingerprint density at radius 3 is 2.59 bits per heavy atom. The number of aromatic hydroxyl groups is 1. The Labute approximate surface area is 204 Å². The van der Waals surface area contributed by atoms with E-state index in [1.807, 2.05) is 30.3 Å². The van der Waals surface area contributed by atoms with E-state index in [-0.39, 0.29) is 34.3 Å². The summed E-state index contributed by atoms with van der Waals surface area (Å²) in [5, 5.41) is 13.6. The number of methoxy groups -OCH3 is 1. The SMILES string of the molecule is COc1cc([C@@H]2C(C(=O)OCc3ccccc3)=C(C)NC3=C2C(=O)CC(C)(C)C3)cc(Cl)c1O. The molecule has 1 aliphatic heterocycles. The Balaban J connectivity index is 1.81. The number of hydrogen-bond acceptors (Lipinski definition) is 6. The number of phenols is 1. The molecule has 0 fully saturated rings. The molecule has 2 aromatic rings. The van der Waals surface area contributed by atoms with Gasteiger partial charge in [0.2, 0.25) is 0 Å². The minimum absolute atomic E-state index is 0.0345. The molecule has 2 aromatic carbocycles. The standard InChI is InChI=1S/C27H28ClNO5/c1-15-22(26(32)34-14-16-8-6-5-7-9-16)23(17-10-18(28)25(31)21(11-17)33-4)24-19(29-15)12-27(2,3)13-20(24)30/h5-11,23,29,31H,12-14H2,1-4H3/t23-/m1/s1. The van der Waals surface area contributed by atoms with E-state index >= 15 is 0 Å². The summed E-state index contributed by atoms with van der Waals surface area (Å²) in [5.74, 6) is -1.28. The van der Waals surface area contributed by atoms with Gasteiger partial charge in [0.05, 0.1) is 17.7 Å². The van der Waals surface area contributed by atoms with E-state index in [2.05, 4.69) is 19.2 Å². The third-order valence-electron chi connectivity index (χ3n) is 6.28. The second kappa shape index (κ2) is 9.18. The van der Waals surface area contributed by atoms with Crippen LogP contribution in [0.2, 0.25) is 5.02 Å². The first-order chi connectivity index (χ1) is 16.1. The zero-order chi connectivity index (χ0) is 24.6. The fourth-order valence-corrected chi connectivity index (χ4v) is 4.98. The van der Waals surface area contributed by atoms with Crippen molar-refractivity contribution in [3.8, 4) is 11.5 Å². The van der Waals surface area contributed by atoms with Crippen LogP contribution in [0.25, 0.3) is 0 Å². The van der Waals surface area contributed by atoms with Gasteiger partial charge in [-0.3, -0.25) is 4.79 Å². The molecule has 0 radical (unpaired) electrons. The molecule has 1 aliphatic carbocycles. The number of dihydropyridines is 1. The molecule has 0 spiro atoms. The number of rotatable bonds is 5. The molecule has 2 N–H and O–H groups in total. The number of ketones is 1. The van der Waals surface area contributed by atoms with Crippen LogP contribution in [0.5, 0.6) is 11.5 Å². The molecular weight excluding hydrogens is 454 g/mol. The first-order valence-electron chi connectivity index (χ1n) is 11.1. The topological polar surface area (TPSA) is 84.9 Å². The zero-order valence-electron chi connectivity index (χ0n) is 19.7. The predicted molar refractivity (Wildman–Crippen MR) is 130 cm³/mol. The number of ether oxygens (including phenoxy) is 2. The summed E-state index contributed by atoms with van der Waals surface area (Å²) in [4.78, 5) is 26.8. The minimum atomic E-state index is -0.699. The van der Waals surface area contributed by atoms with Gasteiger partial charge >= 0.3 is 5.97 Å². The maximum atomic E-state index is 13.4. The van der Waals surface area contributed by atoms with Crippen molar-refractivity contribution in [2.75, 3.05) is 7.11 Å². The number of phenolic OH excluding ortho intramolecular Hbond substituents is 1. The zero-order valence-corrected chi connectivity index (χ0v) is 20.5. The molecule has 0 bridgehead atoms.